The van der Waals surface area contributed by atoms with Crippen LogP contribution in [0.3, 0.4) is 0 Å². The second-order valence-electron chi connectivity index (χ2n) is 7.66. The molecule has 0 saturated heterocycles. The molecule has 1 atom stereocenters. The minimum Gasteiger partial charge on any atom is -0.371 e. The van der Waals surface area contributed by atoms with Crippen LogP contribution in [0.4, 0.5) is 0 Å². The normalized spacial score (nSPS) is 22.4. The van der Waals surface area contributed by atoms with Crippen LogP contribution in [-0.2, 0) is 24.2 Å². The zero-order valence-electron chi connectivity index (χ0n) is 16.1. The molecule has 0 radical (unpaired) electrons. The summed E-state index contributed by atoms with van der Waals surface area (Å²) < 4.78 is 31.2. The number of aryl methyl sites for hydroxylation is 1. The number of ketones is 3. The summed E-state index contributed by atoms with van der Waals surface area (Å²) >= 11 is 6.53. The van der Waals surface area contributed by atoms with Crippen LogP contribution in [0.2, 0.25) is 5.02 Å². The van der Waals surface area contributed by atoms with Gasteiger partial charge in [-0.3, -0.25) is 14.4 Å². The molecule has 1 unspecified atom stereocenters. The number of benzene rings is 1. The van der Waals surface area contributed by atoms with Crippen molar-refractivity contribution < 1.29 is 27.5 Å². The third kappa shape index (κ3) is 3.67. The number of hydrogen-bond donors (Lipinski definition) is 0. The smallest absolute Gasteiger partial charge is 0.182 e. The summed E-state index contributed by atoms with van der Waals surface area (Å²) in [6.07, 6.45) is 0.284. The van der Waals surface area contributed by atoms with E-state index in [1.165, 1.54) is 6.07 Å². The molecule has 152 valence electrons. The number of carbonyl (C=O) groups excluding carboxylic acids is 3. The SMILES string of the molecule is Cc1cc(C(=O)C2C(=O)CCCC2=O)c(Cl)c2c1S(=O)(=O)CCC2OC(C)C. The highest BCUT2D eigenvalue weighted by Gasteiger charge is 2.41. The average Bonchev–Trinajstić information content (AvgIpc) is 2.58. The van der Waals surface area contributed by atoms with E-state index < -0.39 is 39.2 Å². The molecule has 28 heavy (non-hydrogen) atoms. The van der Waals surface area contributed by atoms with Crippen molar-refractivity contribution >= 4 is 38.8 Å². The molecular formula is C20H23ClO6S. The van der Waals surface area contributed by atoms with Gasteiger partial charge in [0.1, 0.15) is 5.92 Å². The first-order valence-electron chi connectivity index (χ1n) is 9.35. The minimum atomic E-state index is -3.56. The van der Waals surface area contributed by atoms with Gasteiger partial charge in [-0.15, -0.1) is 0 Å². The fourth-order valence-corrected chi connectivity index (χ4v) is 6.27. The first-order valence-corrected chi connectivity index (χ1v) is 11.4. The summed E-state index contributed by atoms with van der Waals surface area (Å²) in [5, 5.41) is -0.0364. The zero-order chi connectivity index (χ0) is 20.8. The van der Waals surface area contributed by atoms with E-state index in [1.54, 1.807) is 6.92 Å². The van der Waals surface area contributed by atoms with Crippen molar-refractivity contribution in [3.63, 3.8) is 0 Å². The van der Waals surface area contributed by atoms with Crippen molar-refractivity contribution in [2.45, 2.75) is 63.6 Å². The van der Waals surface area contributed by atoms with Crippen molar-refractivity contribution in [1.29, 1.82) is 0 Å². The fourth-order valence-electron chi connectivity index (χ4n) is 4.01. The molecule has 1 heterocycles. The van der Waals surface area contributed by atoms with Gasteiger partial charge < -0.3 is 4.74 Å². The Labute approximate surface area is 169 Å². The van der Waals surface area contributed by atoms with E-state index in [0.717, 1.165) is 0 Å². The number of carbonyl (C=O) groups is 3. The average molecular weight is 427 g/mol. The van der Waals surface area contributed by atoms with Gasteiger partial charge in [-0.1, -0.05) is 11.6 Å². The van der Waals surface area contributed by atoms with E-state index in [-0.39, 0.29) is 52.2 Å². The Balaban J connectivity index is 2.18. The maximum Gasteiger partial charge on any atom is 0.182 e. The van der Waals surface area contributed by atoms with Crippen molar-refractivity contribution in [2.75, 3.05) is 5.75 Å². The van der Waals surface area contributed by atoms with Crippen LogP contribution in [0, 0.1) is 12.8 Å². The minimum absolute atomic E-state index is 0.0148. The monoisotopic (exact) mass is 426 g/mol. The molecule has 1 aromatic carbocycles. The van der Waals surface area contributed by atoms with Gasteiger partial charge in [0.25, 0.3) is 0 Å². The highest BCUT2D eigenvalue weighted by atomic mass is 35.5. The molecule has 6 nitrogen and oxygen atoms in total. The largest absolute Gasteiger partial charge is 0.371 e. The second kappa shape index (κ2) is 7.69. The van der Waals surface area contributed by atoms with Gasteiger partial charge in [0, 0.05) is 24.0 Å². The summed E-state index contributed by atoms with van der Waals surface area (Å²) in [5.41, 5.74) is 0.650. The molecule has 8 heteroatoms. The standard InChI is InChI=1S/C20H23ClO6S/c1-10(2)27-15-7-8-28(25,26)20-11(3)9-12(18(21)17(15)20)19(24)16-13(22)5-4-6-14(16)23/h9-10,15-16H,4-8H2,1-3H3. The maximum atomic E-state index is 13.1. The Bertz CT molecular complexity index is 947. The summed E-state index contributed by atoms with van der Waals surface area (Å²) in [6, 6.07) is 1.38. The molecule has 0 spiro atoms. The van der Waals surface area contributed by atoms with Crippen molar-refractivity contribution in [2.24, 2.45) is 5.92 Å². The molecule has 1 aromatic rings. The Morgan fingerprint density at radius 2 is 1.82 bits per heavy atom. The number of halogens is 1. The van der Waals surface area contributed by atoms with Crippen molar-refractivity contribution in [3.8, 4) is 0 Å². The highest BCUT2D eigenvalue weighted by Crippen LogP contribution is 2.43. The Morgan fingerprint density at radius 3 is 2.39 bits per heavy atom. The van der Waals surface area contributed by atoms with Gasteiger partial charge >= 0.3 is 0 Å². The molecule has 1 fully saturated rings. The van der Waals surface area contributed by atoms with Gasteiger partial charge in [0.15, 0.2) is 27.2 Å². The summed E-state index contributed by atoms with van der Waals surface area (Å²) in [4.78, 5) is 37.6. The van der Waals surface area contributed by atoms with E-state index >= 15 is 0 Å². The van der Waals surface area contributed by atoms with Crippen molar-refractivity contribution in [3.05, 3.63) is 27.8 Å². The quantitative estimate of drug-likeness (QED) is 0.540. The predicted octanol–water partition coefficient (Wildman–Crippen LogP) is 3.41. The lowest BCUT2D eigenvalue weighted by molar-refractivity contribution is -0.133. The van der Waals surface area contributed by atoms with Crippen LogP contribution >= 0.6 is 11.6 Å². The molecule has 0 bridgehead atoms. The van der Waals surface area contributed by atoms with E-state index in [0.29, 0.717) is 12.0 Å². The van der Waals surface area contributed by atoms with Gasteiger partial charge in [-0.05, 0) is 45.2 Å². The summed E-state index contributed by atoms with van der Waals surface area (Å²) in [7, 11) is -3.56. The van der Waals surface area contributed by atoms with Gasteiger partial charge in [0.2, 0.25) is 0 Å². The van der Waals surface area contributed by atoms with Crippen LogP contribution in [0.15, 0.2) is 11.0 Å². The molecule has 2 aliphatic rings. The first kappa shape index (κ1) is 21.1. The molecular weight excluding hydrogens is 404 g/mol. The zero-order valence-corrected chi connectivity index (χ0v) is 17.7. The van der Waals surface area contributed by atoms with Gasteiger partial charge in [-0.25, -0.2) is 8.42 Å². The summed E-state index contributed by atoms with van der Waals surface area (Å²) in [5.74, 6) is -2.89. The predicted molar refractivity (Wildman–Crippen MR) is 104 cm³/mol. The number of sulfone groups is 1. The van der Waals surface area contributed by atoms with Crippen LogP contribution < -0.4 is 0 Å². The lowest BCUT2D eigenvalue weighted by Gasteiger charge is -2.30. The van der Waals surface area contributed by atoms with Crippen LogP contribution in [0.25, 0.3) is 0 Å². The van der Waals surface area contributed by atoms with Crippen LogP contribution in [-0.4, -0.2) is 37.6 Å². The van der Waals surface area contributed by atoms with E-state index in [4.69, 9.17) is 16.3 Å². The third-order valence-corrected chi connectivity index (χ3v) is 7.52. The van der Waals surface area contributed by atoms with E-state index in [2.05, 4.69) is 0 Å². The van der Waals surface area contributed by atoms with Crippen LogP contribution in [0.1, 0.15) is 67.1 Å². The first-order chi connectivity index (χ1) is 13.0. The number of rotatable bonds is 4. The molecule has 1 saturated carbocycles. The van der Waals surface area contributed by atoms with E-state index in [1.807, 2.05) is 13.8 Å². The Hall–Kier alpha value is -1.57. The number of ether oxygens (including phenoxy) is 1. The molecule has 1 aliphatic heterocycles. The molecule has 0 N–H and O–H groups in total. The molecule has 1 aliphatic carbocycles. The van der Waals surface area contributed by atoms with E-state index in [9.17, 15) is 22.8 Å². The van der Waals surface area contributed by atoms with Crippen molar-refractivity contribution in [1.82, 2.24) is 0 Å². The molecule has 0 aromatic heterocycles. The highest BCUT2D eigenvalue weighted by molar-refractivity contribution is 7.91. The summed E-state index contributed by atoms with van der Waals surface area (Å²) in [6.45, 7) is 5.25. The van der Waals surface area contributed by atoms with Crippen LogP contribution in [0.5, 0.6) is 0 Å². The topological polar surface area (TPSA) is 94.6 Å². The molecule has 0 amide bonds. The lowest BCUT2D eigenvalue weighted by atomic mass is 9.81. The fraction of sp³-hybridized carbons (Fsp3) is 0.550. The third-order valence-electron chi connectivity index (χ3n) is 5.17. The lowest BCUT2D eigenvalue weighted by Crippen LogP contribution is -2.36. The number of Topliss-reactive ketones (excluding diaryl/α,β-unsaturated/α-hetero) is 3. The van der Waals surface area contributed by atoms with Gasteiger partial charge in [-0.2, -0.15) is 0 Å². The molecule has 3 rings (SSSR count). The maximum absolute atomic E-state index is 13.1. The van der Waals surface area contributed by atoms with Gasteiger partial charge in [0.05, 0.1) is 27.9 Å². The second-order valence-corrected chi connectivity index (χ2v) is 10.1. The number of fused-ring (bicyclic) bond motifs is 1. The number of hydrogen-bond acceptors (Lipinski definition) is 6. The Morgan fingerprint density at radius 1 is 1.21 bits per heavy atom. The Kier molecular flexibility index (Phi) is 5.81.